The molecule has 0 heterocycles. The Morgan fingerprint density at radius 3 is 2.00 bits per heavy atom. The zero-order chi connectivity index (χ0) is 15.6. The molecule has 108 valence electrons. The number of nitrogens with zero attached hydrogens (tertiary/aromatic N) is 1. The predicted molar refractivity (Wildman–Crippen MR) is 82.6 cm³/mol. The van der Waals surface area contributed by atoms with Crippen LogP contribution in [0.15, 0.2) is 42.5 Å². The number of carbonyl (C=O) groups is 2. The first-order valence-electron chi connectivity index (χ1n) is 5.97. The number of hydrogen-bond acceptors (Lipinski definition) is 2. The number of benzene rings is 2. The summed E-state index contributed by atoms with van der Waals surface area (Å²) in [6.07, 6.45) is 0. The van der Waals surface area contributed by atoms with Gasteiger partial charge in [0.25, 0.3) is 5.91 Å². The Morgan fingerprint density at radius 2 is 1.52 bits per heavy atom. The molecule has 0 fully saturated rings. The van der Waals surface area contributed by atoms with Gasteiger partial charge in [-0.1, -0.05) is 29.3 Å². The SMILES string of the molecule is CN(C(=O)c1c(Cl)cccc1Cl)c1ccc(C(=O)O)cc1. The van der Waals surface area contributed by atoms with E-state index in [1.165, 1.54) is 17.0 Å². The first-order valence-corrected chi connectivity index (χ1v) is 6.73. The molecule has 0 aliphatic rings. The lowest BCUT2D eigenvalue weighted by molar-refractivity contribution is 0.0696. The van der Waals surface area contributed by atoms with E-state index in [2.05, 4.69) is 0 Å². The molecule has 2 aromatic carbocycles. The number of aromatic carboxylic acids is 1. The van der Waals surface area contributed by atoms with Gasteiger partial charge in [-0.15, -0.1) is 0 Å². The van der Waals surface area contributed by atoms with Crippen LogP contribution in [0.3, 0.4) is 0 Å². The maximum absolute atomic E-state index is 12.4. The number of rotatable bonds is 3. The second-order valence-corrected chi connectivity index (χ2v) is 5.13. The normalized spacial score (nSPS) is 10.2. The molecule has 0 bridgehead atoms. The van der Waals surface area contributed by atoms with E-state index in [9.17, 15) is 9.59 Å². The topological polar surface area (TPSA) is 57.6 Å². The van der Waals surface area contributed by atoms with Crippen molar-refractivity contribution in [2.24, 2.45) is 0 Å². The molecular weight excluding hydrogens is 313 g/mol. The van der Waals surface area contributed by atoms with Crippen molar-refractivity contribution in [1.29, 1.82) is 0 Å². The molecular formula is C15H11Cl2NO3. The molecule has 6 heteroatoms. The van der Waals surface area contributed by atoms with Gasteiger partial charge >= 0.3 is 5.97 Å². The lowest BCUT2D eigenvalue weighted by atomic mass is 10.1. The van der Waals surface area contributed by atoms with E-state index in [1.54, 1.807) is 37.4 Å². The fraction of sp³-hybridized carbons (Fsp3) is 0.0667. The van der Waals surface area contributed by atoms with E-state index in [-0.39, 0.29) is 27.1 Å². The molecule has 21 heavy (non-hydrogen) atoms. The average Bonchev–Trinajstić information content (AvgIpc) is 2.46. The Hall–Kier alpha value is -2.04. The van der Waals surface area contributed by atoms with E-state index in [0.717, 1.165) is 0 Å². The van der Waals surface area contributed by atoms with Crippen molar-refractivity contribution in [2.75, 3.05) is 11.9 Å². The fourth-order valence-corrected chi connectivity index (χ4v) is 2.37. The van der Waals surface area contributed by atoms with Crippen LogP contribution in [0, 0.1) is 0 Å². The average molecular weight is 324 g/mol. The van der Waals surface area contributed by atoms with Crippen LogP contribution in [0.4, 0.5) is 5.69 Å². The smallest absolute Gasteiger partial charge is 0.335 e. The second kappa shape index (κ2) is 6.16. The van der Waals surface area contributed by atoms with Gasteiger partial charge in [0.05, 0.1) is 21.2 Å². The molecule has 0 saturated carbocycles. The third kappa shape index (κ3) is 3.17. The zero-order valence-corrected chi connectivity index (χ0v) is 12.5. The van der Waals surface area contributed by atoms with Crippen molar-refractivity contribution in [3.8, 4) is 0 Å². The van der Waals surface area contributed by atoms with Gasteiger partial charge in [-0.2, -0.15) is 0 Å². The van der Waals surface area contributed by atoms with E-state index in [1.807, 2.05) is 0 Å². The van der Waals surface area contributed by atoms with Gasteiger partial charge in [0.1, 0.15) is 0 Å². The van der Waals surface area contributed by atoms with Crippen molar-refractivity contribution >= 4 is 40.8 Å². The second-order valence-electron chi connectivity index (χ2n) is 4.31. The standard InChI is InChI=1S/C15H11Cl2NO3/c1-18(10-7-5-9(6-8-10)15(20)21)14(19)13-11(16)3-2-4-12(13)17/h2-8H,1H3,(H,20,21). The third-order valence-electron chi connectivity index (χ3n) is 2.98. The van der Waals surface area contributed by atoms with Crippen LogP contribution in [0.5, 0.6) is 0 Å². The van der Waals surface area contributed by atoms with E-state index < -0.39 is 5.97 Å². The van der Waals surface area contributed by atoms with E-state index in [0.29, 0.717) is 5.69 Å². The number of carbonyl (C=O) groups excluding carboxylic acids is 1. The number of carboxylic acids is 1. The lowest BCUT2D eigenvalue weighted by Crippen LogP contribution is -2.26. The molecule has 2 rings (SSSR count). The molecule has 0 unspecified atom stereocenters. The molecule has 0 aliphatic carbocycles. The van der Waals surface area contributed by atoms with Gasteiger partial charge in [-0.25, -0.2) is 4.79 Å². The maximum atomic E-state index is 12.4. The number of anilines is 1. The van der Waals surface area contributed by atoms with Gasteiger partial charge in [-0.05, 0) is 36.4 Å². The molecule has 4 nitrogen and oxygen atoms in total. The van der Waals surface area contributed by atoms with Crippen molar-refractivity contribution in [3.63, 3.8) is 0 Å². The highest BCUT2D eigenvalue weighted by Gasteiger charge is 2.19. The Balaban J connectivity index is 2.33. The van der Waals surface area contributed by atoms with Crippen LogP contribution in [-0.4, -0.2) is 24.0 Å². The van der Waals surface area contributed by atoms with E-state index >= 15 is 0 Å². The summed E-state index contributed by atoms with van der Waals surface area (Å²) in [5.41, 5.74) is 0.905. The summed E-state index contributed by atoms with van der Waals surface area (Å²) in [5.74, 6) is -1.39. The van der Waals surface area contributed by atoms with Crippen molar-refractivity contribution < 1.29 is 14.7 Å². The van der Waals surface area contributed by atoms with Crippen LogP contribution < -0.4 is 4.90 Å². The Bertz CT molecular complexity index is 678. The molecule has 2 aromatic rings. The maximum Gasteiger partial charge on any atom is 0.335 e. The first kappa shape index (κ1) is 15.4. The fourth-order valence-electron chi connectivity index (χ4n) is 1.81. The molecule has 1 N–H and O–H groups in total. The monoisotopic (exact) mass is 323 g/mol. The van der Waals surface area contributed by atoms with Crippen LogP contribution in [0.2, 0.25) is 10.0 Å². The largest absolute Gasteiger partial charge is 0.478 e. The molecule has 0 radical (unpaired) electrons. The summed E-state index contributed by atoms with van der Waals surface area (Å²) in [4.78, 5) is 24.6. The lowest BCUT2D eigenvalue weighted by Gasteiger charge is -2.19. The number of amides is 1. The minimum absolute atomic E-state index is 0.148. The van der Waals surface area contributed by atoms with Gasteiger partial charge in [0.2, 0.25) is 0 Å². The summed E-state index contributed by atoms with van der Waals surface area (Å²) in [6, 6.07) is 10.8. The third-order valence-corrected chi connectivity index (χ3v) is 3.61. The molecule has 0 spiro atoms. The van der Waals surface area contributed by atoms with Gasteiger partial charge in [0.15, 0.2) is 0 Å². The van der Waals surface area contributed by atoms with Gasteiger partial charge in [0, 0.05) is 12.7 Å². The summed E-state index contributed by atoms with van der Waals surface area (Å²) < 4.78 is 0. The molecule has 0 aliphatic heterocycles. The first-order chi connectivity index (χ1) is 9.91. The molecule has 1 amide bonds. The quantitative estimate of drug-likeness (QED) is 0.929. The molecule has 0 atom stereocenters. The van der Waals surface area contributed by atoms with Gasteiger partial charge in [-0.3, -0.25) is 4.79 Å². The highest BCUT2D eigenvalue weighted by molar-refractivity contribution is 6.40. The summed E-state index contributed by atoms with van der Waals surface area (Å²) in [6.45, 7) is 0. The minimum atomic E-state index is -1.02. The minimum Gasteiger partial charge on any atom is -0.478 e. The van der Waals surface area contributed by atoms with Crippen molar-refractivity contribution in [3.05, 3.63) is 63.6 Å². The molecule has 0 aromatic heterocycles. The summed E-state index contributed by atoms with van der Waals surface area (Å²) >= 11 is 12.0. The Morgan fingerprint density at radius 1 is 1.00 bits per heavy atom. The number of carboxylic acid groups (broad SMARTS) is 1. The predicted octanol–water partition coefficient (Wildman–Crippen LogP) is 3.97. The number of hydrogen-bond donors (Lipinski definition) is 1. The van der Waals surface area contributed by atoms with Gasteiger partial charge < -0.3 is 10.0 Å². The van der Waals surface area contributed by atoms with Crippen LogP contribution >= 0.6 is 23.2 Å². The zero-order valence-electron chi connectivity index (χ0n) is 11.0. The summed E-state index contributed by atoms with van der Waals surface area (Å²) in [5, 5.41) is 9.39. The van der Waals surface area contributed by atoms with Crippen LogP contribution in [0.1, 0.15) is 20.7 Å². The highest BCUT2D eigenvalue weighted by atomic mass is 35.5. The van der Waals surface area contributed by atoms with Crippen molar-refractivity contribution in [2.45, 2.75) is 0 Å². The van der Waals surface area contributed by atoms with Crippen molar-refractivity contribution in [1.82, 2.24) is 0 Å². The number of halogens is 2. The Labute approximate surface area is 131 Å². The highest BCUT2D eigenvalue weighted by Crippen LogP contribution is 2.27. The Kier molecular flexibility index (Phi) is 4.50. The molecule has 0 saturated heterocycles. The van der Waals surface area contributed by atoms with Crippen LogP contribution in [0.25, 0.3) is 0 Å². The van der Waals surface area contributed by atoms with E-state index in [4.69, 9.17) is 28.3 Å². The summed E-state index contributed by atoms with van der Waals surface area (Å²) in [7, 11) is 1.57. The van der Waals surface area contributed by atoms with Crippen LogP contribution in [-0.2, 0) is 0 Å².